The summed E-state index contributed by atoms with van der Waals surface area (Å²) in [5.41, 5.74) is 1.54. The van der Waals surface area contributed by atoms with Crippen LogP contribution in [0.25, 0.3) is 0 Å². The van der Waals surface area contributed by atoms with E-state index >= 15 is 0 Å². The molecule has 1 heterocycles. The van der Waals surface area contributed by atoms with Crippen LogP contribution in [-0.4, -0.2) is 48.4 Å². The second-order valence-electron chi connectivity index (χ2n) is 7.46. The number of ether oxygens (including phenoxy) is 1. The molecular formula is C21H30N2O4. The van der Waals surface area contributed by atoms with Crippen molar-refractivity contribution >= 4 is 17.8 Å². The average Bonchev–Trinajstić information content (AvgIpc) is 2.93. The summed E-state index contributed by atoms with van der Waals surface area (Å²) in [4.78, 5) is 38.9. The summed E-state index contributed by atoms with van der Waals surface area (Å²) in [6.07, 6.45) is 4.23. The van der Waals surface area contributed by atoms with Gasteiger partial charge >= 0.3 is 5.97 Å². The smallest absolute Gasteiger partial charge is 0.329 e. The molecule has 6 heteroatoms. The highest BCUT2D eigenvalue weighted by atomic mass is 16.5. The molecule has 1 saturated heterocycles. The number of nitrogens with one attached hydrogen (secondary N) is 1. The number of carbonyl (C=O) groups is 3. The van der Waals surface area contributed by atoms with Crippen LogP contribution in [0.1, 0.15) is 55.5 Å². The van der Waals surface area contributed by atoms with E-state index in [9.17, 15) is 14.4 Å². The molecule has 2 amide bonds. The van der Waals surface area contributed by atoms with Gasteiger partial charge in [0.15, 0.2) is 6.61 Å². The molecule has 2 rings (SSSR count). The lowest BCUT2D eigenvalue weighted by Gasteiger charge is -2.23. The van der Waals surface area contributed by atoms with Crippen molar-refractivity contribution in [3.05, 3.63) is 35.4 Å². The molecule has 0 aromatic heterocycles. The number of hydrogen-bond donors (Lipinski definition) is 1. The zero-order valence-electron chi connectivity index (χ0n) is 16.5. The molecule has 1 aromatic carbocycles. The van der Waals surface area contributed by atoms with Crippen LogP contribution in [0.5, 0.6) is 0 Å². The predicted octanol–water partition coefficient (Wildman–Crippen LogP) is 2.70. The second kappa shape index (κ2) is 10.1. The van der Waals surface area contributed by atoms with E-state index in [0.29, 0.717) is 18.7 Å². The molecule has 1 fully saturated rings. The number of esters is 1. The van der Waals surface area contributed by atoms with Crippen LogP contribution in [0.4, 0.5) is 0 Å². The zero-order valence-corrected chi connectivity index (χ0v) is 16.5. The largest absolute Gasteiger partial charge is 0.454 e. The van der Waals surface area contributed by atoms with Crippen LogP contribution < -0.4 is 5.32 Å². The minimum atomic E-state index is -0.796. The quantitative estimate of drug-likeness (QED) is 0.777. The summed E-state index contributed by atoms with van der Waals surface area (Å²) < 4.78 is 5.23. The molecule has 1 unspecified atom stereocenters. The fraction of sp³-hybridized carbons (Fsp3) is 0.571. The van der Waals surface area contributed by atoms with Gasteiger partial charge in [-0.25, -0.2) is 4.79 Å². The van der Waals surface area contributed by atoms with Gasteiger partial charge < -0.3 is 15.0 Å². The Kier molecular flexibility index (Phi) is 7.82. The molecule has 0 aliphatic carbocycles. The molecule has 1 N–H and O–H groups in total. The summed E-state index contributed by atoms with van der Waals surface area (Å²) in [6, 6.07) is 6.33. The molecule has 27 heavy (non-hydrogen) atoms. The number of rotatable bonds is 6. The molecule has 1 aromatic rings. The molecule has 0 radical (unpaired) electrons. The van der Waals surface area contributed by atoms with Crippen LogP contribution in [0.15, 0.2) is 24.3 Å². The summed E-state index contributed by atoms with van der Waals surface area (Å²) in [5.74, 6) is -1.23. The summed E-state index contributed by atoms with van der Waals surface area (Å²) in [7, 11) is 0. The Bertz CT molecular complexity index is 647. The van der Waals surface area contributed by atoms with Gasteiger partial charge in [0.1, 0.15) is 6.04 Å². The summed E-state index contributed by atoms with van der Waals surface area (Å²) in [5, 5.41) is 2.73. The predicted molar refractivity (Wildman–Crippen MR) is 103 cm³/mol. The highest BCUT2D eigenvalue weighted by molar-refractivity contribution is 5.97. The van der Waals surface area contributed by atoms with E-state index in [1.54, 1.807) is 17.0 Å². The maximum Gasteiger partial charge on any atom is 0.329 e. The number of amides is 2. The summed E-state index contributed by atoms with van der Waals surface area (Å²) >= 11 is 0. The van der Waals surface area contributed by atoms with Crippen molar-refractivity contribution in [3.8, 4) is 0 Å². The Balaban J connectivity index is 1.90. The minimum Gasteiger partial charge on any atom is -0.454 e. The Morgan fingerprint density at radius 2 is 1.63 bits per heavy atom. The SMILES string of the molecule is Cc1ccc(C(=O)NC(C(=O)OCC(=O)N2CCCCCC2)C(C)C)cc1. The fourth-order valence-corrected chi connectivity index (χ4v) is 3.06. The first-order chi connectivity index (χ1) is 12.9. The molecule has 148 valence electrons. The van der Waals surface area contributed by atoms with Crippen molar-refractivity contribution in [1.29, 1.82) is 0 Å². The highest BCUT2D eigenvalue weighted by Gasteiger charge is 2.27. The first-order valence-corrected chi connectivity index (χ1v) is 9.70. The van der Waals surface area contributed by atoms with Crippen molar-refractivity contribution in [3.63, 3.8) is 0 Å². The van der Waals surface area contributed by atoms with Gasteiger partial charge in [-0.3, -0.25) is 9.59 Å². The van der Waals surface area contributed by atoms with Gasteiger partial charge in [-0.15, -0.1) is 0 Å². The lowest BCUT2D eigenvalue weighted by atomic mass is 10.0. The maximum absolute atomic E-state index is 12.5. The van der Waals surface area contributed by atoms with Crippen LogP contribution in [0.3, 0.4) is 0 Å². The van der Waals surface area contributed by atoms with Crippen LogP contribution in [0.2, 0.25) is 0 Å². The van der Waals surface area contributed by atoms with Crippen molar-refractivity contribution in [2.75, 3.05) is 19.7 Å². The van der Waals surface area contributed by atoms with E-state index in [1.807, 2.05) is 32.9 Å². The van der Waals surface area contributed by atoms with Crippen LogP contribution >= 0.6 is 0 Å². The first kappa shape index (κ1) is 20.9. The van der Waals surface area contributed by atoms with E-state index in [4.69, 9.17) is 4.74 Å². The third-order valence-electron chi connectivity index (χ3n) is 4.82. The Morgan fingerprint density at radius 1 is 1.04 bits per heavy atom. The third-order valence-corrected chi connectivity index (χ3v) is 4.82. The van der Waals surface area contributed by atoms with Gasteiger partial charge in [0.2, 0.25) is 0 Å². The summed E-state index contributed by atoms with van der Waals surface area (Å²) in [6.45, 7) is 6.76. The average molecular weight is 374 g/mol. The molecule has 0 bridgehead atoms. The zero-order chi connectivity index (χ0) is 19.8. The number of benzene rings is 1. The maximum atomic E-state index is 12.5. The minimum absolute atomic E-state index is 0.153. The van der Waals surface area contributed by atoms with Crippen molar-refractivity contribution in [1.82, 2.24) is 10.2 Å². The monoisotopic (exact) mass is 374 g/mol. The third kappa shape index (κ3) is 6.38. The molecule has 1 atom stereocenters. The van der Waals surface area contributed by atoms with E-state index in [1.165, 1.54) is 0 Å². The molecule has 0 spiro atoms. The molecule has 1 aliphatic heterocycles. The van der Waals surface area contributed by atoms with Crippen LogP contribution in [-0.2, 0) is 14.3 Å². The topological polar surface area (TPSA) is 75.7 Å². The fourth-order valence-electron chi connectivity index (χ4n) is 3.06. The van der Waals surface area contributed by atoms with E-state index in [0.717, 1.165) is 31.2 Å². The van der Waals surface area contributed by atoms with E-state index in [-0.39, 0.29) is 24.3 Å². The first-order valence-electron chi connectivity index (χ1n) is 9.70. The lowest BCUT2D eigenvalue weighted by molar-refractivity contribution is -0.154. The molecule has 6 nitrogen and oxygen atoms in total. The van der Waals surface area contributed by atoms with Crippen molar-refractivity contribution < 1.29 is 19.1 Å². The van der Waals surface area contributed by atoms with Crippen molar-refractivity contribution in [2.45, 2.75) is 52.5 Å². The van der Waals surface area contributed by atoms with Gasteiger partial charge in [-0.2, -0.15) is 0 Å². The second-order valence-corrected chi connectivity index (χ2v) is 7.46. The van der Waals surface area contributed by atoms with Gasteiger partial charge in [0.05, 0.1) is 0 Å². The number of hydrogen-bond acceptors (Lipinski definition) is 4. The standard InChI is InChI=1S/C21H30N2O4/c1-15(2)19(22-20(25)17-10-8-16(3)9-11-17)21(26)27-14-18(24)23-12-6-4-5-7-13-23/h8-11,15,19H,4-7,12-14H2,1-3H3,(H,22,25). The van der Waals surface area contributed by atoms with Gasteiger partial charge in [-0.05, 0) is 37.8 Å². The van der Waals surface area contributed by atoms with E-state index < -0.39 is 12.0 Å². The number of likely N-dealkylation sites (tertiary alicyclic amines) is 1. The van der Waals surface area contributed by atoms with Crippen molar-refractivity contribution in [2.24, 2.45) is 5.92 Å². The van der Waals surface area contributed by atoms with Crippen LogP contribution in [0, 0.1) is 12.8 Å². The van der Waals surface area contributed by atoms with Gasteiger partial charge in [0, 0.05) is 18.7 Å². The number of nitrogens with zero attached hydrogens (tertiary/aromatic N) is 1. The highest BCUT2D eigenvalue weighted by Crippen LogP contribution is 2.11. The van der Waals surface area contributed by atoms with E-state index in [2.05, 4.69) is 5.32 Å². The normalized spacial score (nSPS) is 15.8. The Labute approximate surface area is 161 Å². The van der Waals surface area contributed by atoms with Gasteiger partial charge in [-0.1, -0.05) is 44.4 Å². The Hall–Kier alpha value is -2.37. The molecule has 0 saturated carbocycles. The number of carbonyl (C=O) groups excluding carboxylic acids is 3. The molecular weight excluding hydrogens is 344 g/mol. The number of aryl methyl sites for hydroxylation is 1. The molecule has 1 aliphatic rings. The lowest BCUT2D eigenvalue weighted by Crippen LogP contribution is -2.46. The Morgan fingerprint density at radius 3 is 2.19 bits per heavy atom. The van der Waals surface area contributed by atoms with Gasteiger partial charge in [0.25, 0.3) is 11.8 Å².